The van der Waals surface area contributed by atoms with Gasteiger partial charge >= 0.3 is 0 Å². The summed E-state index contributed by atoms with van der Waals surface area (Å²) in [4.78, 5) is 29.0. The van der Waals surface area contributed by atoms with Gasteiger partial charge in [-0.25, -0.2) is 8.42 Å². The molecular weight excluding hydrogens is 466 g/mol. The zero-order chi connectivity index (χ0) is 25.0. The highest BCUT2D eigenvalue weighted by atomic mass is 32.2. The molecular formula is C26H33N3O5S. The van der Waals surface area contributed by atoms with Gasteiger partial charge in [-0.15, -0.1) is 0 Å². The first-order valence-electron chi connectivity index (χ1n) is 12.2. The molecule has 0 radical (unpaired) electrons. The molecule has 1 saturated heterocycles. The lowest BCUT2D eigenvalue weighted by Crippen LogP contribution is -2.38. The van der Waals surface area contributed by atoms with Gasteiger partial charge in [-0.3, -0.25) is 14.3 Å². The molecule has 8 nitrogen and oxygen atoms in total. The van der Waals surface area contributed by atoms with Crippen LogP contribution in [0.25, 0.3) is 0 Å². The molecule has 2 aliphatic rings. The van der Waals surface area contributed by atoms with Gasteiger partial charge in [0, 0.05) is 43.9 Å². The summed E-state index contributed by atoms with van der Waals surface area (Å²) in [5, 5.41) is 0. The number of ether oxygens (including phenoxy) is 1. The summed E-state index contributed by atoms with van der Waals surface area (Å²) in [5.41, 5.74) is 1.97. The van der Waals surface area contributed by atoms with Crippen molar-refractivity contribution >= 4 is 33.2 Å². The molecule has 2 heterocycles. The molecule has 35 heavy (non-hydrogen) atoms. The second kappa shape index (κ2) is 10.7. The van der Waals surface area contributed by atoms with E-state index in [2.05, 4.69) is 11.6 Å². The number of benzene rings is 2. The Morgan fingerprint density at radius 2 is 1.69 bits per heavy atom. The maximum absolute atomic E-state index is 12.9. The maximum atomic E-state index is 12.9. The number of rotatable bonds is 8. The Morgan fingerprint density at radius 3 is 2.37 bits per heavy atom. The van der Waals surface area contributed by atoms with Crippen LogP contribution in [0.2, 0.25) is 0 Å². The quantitative estimate of drug-likeness (QED) is 0.596. The fourth-order valence-electron chi connectivity index (χ4n) is 4.57. The van der Waals surface area contributed by atoms with Gasteiger partial charge in [-0.05, 0) is 80.1 Å². The molecule has 2 amide bonds. The van der Waals surface area contributed by atoms with Crippen LogP contribution in [-0.4, -0.2) is 51.4 Å². The lowest BCUT2D eigenvalue weighted by Gasteiger charge is -2.30. The molecule has 2 aromatic carbocycles. The van der Waals surface area contributed by atoms with Crippen LogP contribution in [0.5, 0.6) is 5.75 Å². The largest absolute Gasteiger partial charge is 0.494 e. The molecule has 0 bridgehead atoms. The van der Waals surface area contributed by atoms with Gasteiger partial charge in [-0.1, -0.05) is 6.92 Å². The van der Waals surface area contributed by atoms with Crippen molar-refractivity contribution in [3.05, 3.63) is 48.0 Å². The highest BCUT2D eigenvalue weighted by Gasteiger charge is 2.28. The van der Waals surface area contributed by atoms with Crippen molar-refractivity contribution in [2.45, 2.75) is 50.8 Å². The van der Waals surface area contributed by atoms with Crippen molar-refractivity contribution < 1.29 is 22.7 Å². The predicted octanol–water partition coefficient (Wildman–Crippen LogP) is 3.81. The summed E-state index contributed by atoms with van der Waals surface area (Å²) >= 11 is 0. The number of carbonyl (C=O) groups is 2. The van der Waals surface area contributed by atoms with Crippen LogP contribution in [0.4, 0.5) is 11.4 Å². The van der Waals surface area contributed by atoms with Gasteiger partial charge < -0.3 is 14.5 Å². The zero-order valence-electron chi connectivity index (χ0n) is 20.3. The Labute approximate surface area is 207 Å². The predicted molar refractivity (Wildman–Crippen MR) is 135 cm³/mol. The Hall–Kier alpha value is -3.07. The monoisotopic (exact) mass is 499 g/mol. The SMILES string of the molecule is CCOc1ccc(NS(=O)(=O)c2ccc3c(c2)CCN3C(=O)CCC(=O)N2CCC(C)CC2)cc1. The van der Waals surface area contributed by atoms with Crippen LogP contribution in [0.15, 0.2) is 47.4 Å². The van der Waals surface area contributed by atoms with Crippen LogP contribution in [-0.2, 0) is 26.0 Å². The number of piperidine rings is 1. The number of fused-ring (bicyclic) bond motifs is 1. The number of nitrogens with zero attached hydrogens (tertiary/aromatic N) is 2. The van der Waals surface area contributed by atoms with E-state index in [4.69, 9.17) is 4.74 Å². The van der Waals surface area contributed by atoms with Gasteiger partial charge in [-0.2, -0.15) is 0 Å². The third-order valence-electron chi connectivity index (χ3n) is 6.66. The standard InChI is InChI=1S/C26H33N3O5S/c1-3-34-22-6-4-21(5-7-22)27-35(32,33)23-8-9-24-20(18-23)14-17-29(24)26(31)11-10-25(30)28-15-12-19(2)13-16-28/h4-9,18-19,27H,3,10-17H2,1-2H3. The lowest BCUT2D eigenvalue weighted by atomic mass is 9.99. The van der Waals surface area contributed by atoms with E-state index in [0.717, 1.165) is 31.5 Å². The number of likely N-dealkylation sites (tertiary alicyclic amines) is 1. The summed E-state index contributed by atoms with van der Waals surface area (Å²) in [6.07, 6.45) is 2.96. The minimum absolute atomic E-state index is 0.0338. The number of sulfonamides is 1. The number of nitrogens with one attached hydrogen (secondary N) is 1. The second-order valence-electron chi connectivity index (χ2n) is 9.21. The molecule has 0 aliphatic carbocycles. The molecule has 1 fully saturated rings. The van der Waals surface area contributed by atoms with Gasteiger partial charge in [0.05, 0.1) is 11.5 Å². The number of anilines is 2. The molecule has 4 rings (SSSR count). The smallest absolute Gasteiger partial charge is 0.261 e. The van der Waals surface area contributed by atoms with E-state index in [-0.39, 0.29) is 29.6 Å². The van der Waals surface area contributed by atoms with Crippen LogP contribution >= 0.6 is 0 Å². The highest BCUT2D eigenvalue weighted by Crippen LogP contribution is 2.31. The minimum Gasteiger partial charge on any atom is -0.494 e. The fourth-order valence-corrected chi connectivity index (χ4v) is 5.68. The van der Waals surface area contributed by atoms with Crippen LogP contribution in [0, 0.1) is 5.92 Å². The lowest BCUT2D eigenvalue weighted by molar-refractivity contribution is -0.134. The van der Waals surface area contributed by atoms with Crippen molar-refractivity contribution in [2.75, 3.05) is 35.9 Å². The fraction of sp³-hybridized carbons (Fsp3) is 0.462. The normalized spacial score (nSPS) is 16.2. The molecule has 2 aliphatic heterocycles. The van der Waals surface area contributed by atoms with Crippen LogP contribution in [0.1, 0.15) is 45.1 Å². The molecule has 1 N–H and O–H groups in total. The van der Waals surface area contributed by atoms with E-state index in [9.17, 15) is 18.0 Å². The van der Waals surface area contributed by atoms with Gasteiger partial charge in [0.1, 0.15) is 5.75 Å². The van der Waals surface area contributed by atoms with E-state index >= 15 is 0 Å². The van der Waals surface area contributed by atoms with E-state index in [1.54, 1.807) is 41.3 Å². The van der Waals surface area contributed by atoms with E-state index in [0.29, 0.717) is 42.6 Å². The summed E-state index contributed by atoms with van der Waals surface area (Å²) in [5.74, 6) is 1.24. The molecule has 0 atom stereocenters. The zero-order valence-corrected chi connectivity index (χ0v) is 21.1. The number of hydrogen-bond donors (Lipinski definition) is 1. The Morgan fingerprint density at radius 1 is 1.00 bits per heavy atom. The Kier molecular flexibility index (Phi) is 7.64. The molecule has 0 aromatic heterocycles. The number of carbonyl (C=O) groups excluding carboxylic acids is 2. The summed E-state index contributed by atoms with van der Waals surface area (Å²) in [7, 11) is -3.78. The Bertz CT molecular complexity index is 1170. The first kappa shape index (κ1) is 25.0. The van der Waals surface area contributed by atoms with Crippen LogP contribution in [0.3, 0.4) is 0 Å². The topological polar surface area (TPSA) is 96.0 Å². The summed E-state index contributed by atoms with van der Waals surface area (Å²) < 4.78 is 33.8. The van der Waals surface area contributed by atoms with Crippen molar-refractivity contribution in [3.63, 3.8) is 0 Å². The second-order valence-corrected chi connectivity index (χ2v) is 10.9. The molecule has 0 unspecified atom stereocenters. The average Bonchev–Trinajstić information content (AvgIpc) is 3.27. The van der Waals surface area contributed by atoms with Crippen molar-refractivity contribution in [1.29, 1.82) is 0 Å². The van der Waals surface area contributed by atoms with Crippen LogP contribution < -0.4 is 14.4 Å². The first-order chi connectivity index (χ1) is 16.8. The van der Waals surface area contributed by atoms with Gasteiger partial charge in [0.25, 0.3) is 10.0 Å². The summed E-state index contributed by atoms with van der Waals surface area (Å²) in [6, 6.07) is 11.6. The van der Waals surface area contributed by atoms with Gasteiger partial charge in [0.2, 0.25) is 11.8 Å². The molecule has 0 saturated carbocycles. The molecule has 188 valence electrons. The van der Waals surface area contributed by atoms with E-state index in [1.807, 2.05) is 11.8 Å². The number of amides is 2. The van der Waals surface area contributed by atoms with Gasteiger partial charge in [0.15, 0.2) is 0 Å². The first-order valence-corrected chi connectivity index (χ1v) is 13.7. The minimum atomic E-state index is -3.78. The van der Waals surface area contributed by atoms with Crippen molar-refractivity contribution in [1.82, 2.24) is 4.90 Å². The molecule has 0 spiro atoms. The number of hydrogen-bond acceptors (Lipinski definition) is 5. The van der Waals surface area contributed by atoms with E-state index in [1.165, 1.54) is 6.07 Å². The maximum Gasteiger partial charge on any atom is 0.261 e. The summed E-state index contributed by atoms with van der Waals surface area (Å²) in [6.45, 7) is 6.64. The molecule has 9 heteroatoms. The Balaban J connectivity index is 1.37. The highest BCUT2D eigenvalue weighted by molar-refractivity contribution is 7.92. The average molecular weight is 500 g/mol. The molecule has 2 aromatic rings. The third-order valence-corrected chi connectivity index (χ3v) is 8.04. The van der Waals surface area contributed by atoms with Crippen molar-refractivity contribution in [3.8, 4) is 5.75 Å². The van der Waals surface area contributed by atoms with E-state index < -0.39 is 10.0 Å². The third kappa shape index (κ3) is 5.96. The van der Waals surface area contributed by atoms with Crippen molar-refractivity contribution in [2.24, 2.45) is 5.92 Å².